The molecule has 0 atom stereocenters. The third kappa shape index (κ3) is 7.82. The molecule has 1 aliphatic carbocycles. The quantitative estimate of drug-likeness (QED) is 0.758. The van der Waals surface area contributed by atoms with Crippen LogP contribution in [0.1, 0.15) is 40.0 Å². The monoisotopic (exact) mass is 286 g/mol. The molecule has 2 rings (SSSR count). The van der Waals surface area contributed by atoms with Crippen molar-refractivity contribution in [2.24, 2.45) is 5.92 Å². The van der Waals surface area contributed by atoms with Crippen LogP contribution in [-0.2, 0) is 9.53 Å². The van der Waals surface area contributed by atoms with E-state index in [2.05, 4.69) is 10.2 Å². The third-order valence-corrected chi connectivity index (χ3v) is 3.50. The number of piperazine rings is 1. The molecule has 1 saturated carbocycles. The number of rotatable bonds is 3. The lowest BCUT2D eigenvalue weighted by molar-refractivity contribution is -0.158. The Morgan fingerprint density at radius 3 is 2.25 bits per heavy atom. The average Bonchev–Trinajstić information content (AvgIpc) is 2.34. The van der Waals surface area contributed by atoms with Crippen LogP contribution in [0.5, 0.6) is 0 Å². The maximum Gasteiger partial charge on any atom is 0.332 e. The molecule has 2 aliphatic rings. The van der Waals surface area contributed by atoms with Crippen molar-refractivity contribution in [1.82, 2.24) is 10.2 Å². The molecule has 0 radical (unpaired) electrons. The van der Waals surface area contributed by atoms with Gasteiger partial charge in [-0.2, -0.15) is 0 Å². The van der Waals surface area contributed by atoms with Crippen LogP contribution < -0.4 is 5.32 Å². The van der Waals surface area contributed by atoms with Crippen LogP contribution in [0.15, 0.2) is 0 Å². The van der Waals surface area contributed by atoms with E-state index in [9.17, 15) is 4.79 Å². The number of ether oxygens (including phenoxy) is 1. The van der Waals surface area contributed by atoms with Crippen molar-refractivity contribution in [1.29, 1.82) is 0 Å². The van der Waals surface area contributed by atoms with Gasteiger partial charge in [-0.1, -0.05) is 6.42 Å². The van der Waals surface area contributed by atoms with Gasteiger partial charge in [0.25, 0.3) is 0 Å². The van der Waals surface area contributed by atoms with Crippen LogP contribution in [0.3, 0.4) is 0 Å². The first-order valence-corrected chi connectivity index (χ1v) is 7.66. The molecular weight excluding hydrogens is 256 g/mol. The Bertz CT molecular complexity index is 279. The minimum atomic E-state index is -0.581. The van der Waals surface area contributed by atoms with Gasteiger partial charge in [-0.15, -0.1) is 0 Å². The number of hydrogen-bond acceptors (Lipinski definition) is 5. The van der Waals surface area contributed by atoms with E-state index in [0.29, 0.717) is 0 Å². The number of carbonyl (C=O) groups is 1. The van der Waals surface area contributed by atoms with Crippen LogP contribution in [0, 0.1) is 5.92 Å². The molecule has 118 valence electrons. The van der Waals surface area contributed by atoms with Crippen LogP contribution in [-0.4, -0.2) is 60.9 Å². The first-order valence-electron chi connectivity index (χ1n) is 7.66. The molecule has 5 heteroatoms. The Morgan fingerprint density at radius 1 is 1.30 bits per heavy atom. The summed E-state index contributed by atoms with van der Waals surface area (Å²) in [5, 5.41) is 11.6. The zero-order valence-corrected chi connectivity index (χ0v) is 13.2. The standard InChI is InChI=1S/C9H18N2.C6H12O3/c1-2-9(3-1)8-11-6-4-10-5-7-11;1-6(2,3)9-5(8)4-7/h9-10H,1-8H2;7H,4H2,1-3H3. The molecule has 1 aliphatic heterocycles. The summed E-state index contributed by atoms with van der Waals surface area (Å²) in [5.41, 5.74) is -0.486. The highest BCUT2D eigenvalue weighted by Crippen LogP contribution is 2.26. The van der Waals surface area contributed by atoms with Crippen LogP contribution in [0.25, 0.3) is 0 Å². The number of aliphatic hydroxyl groups is 1. The molecule has 1 saturated heterocycles. The summed E-state index contributed by atoms with van der Waals surface area (Å²) in [5.74, 6) is 0.468. The Labute approximate surface area is 122 Å². The van der Waals surface area contributed by atoms with Gasteiger partial charge in [-0.05, 0) is 39.5 Å². The lowest BCUT2D eigenvalue weighted by atomic mass is 9.85. The maximum atomic E-state index is 10.4. The molecule has 20 heavy (non-hydrogen) atoms. The van der Waals surface area contributed by atoms with Gasteiger partial charge >= 0.3 is 5.97 Å². The lowest BCUT2D eigenvalue weighted by Crippen LogP contribution is -2.46. The topological polar surface area (TPSA) is 61.8 Å². The number of nitrogens with one attached hydrogen (secondary N) is 1. The number of esters is 1. The Hall–Kier alpha value is -0.650. The first-order chi connectivity index (χ1) is 9.40. The normalized spacial score (nSPS) is 20.6. The van der Waals surface area contributed by atoms with Crippen LogP contribution in [0.2, 0.25) is 0 Å². The minimum Gasteiger partial charge on any atom is -0.458 e. The highest BCUT2D eigenvalue weighted by molar-refractivity contribution is 5.70. The van der Waals surface area contributed by atoms with Gasteiger partial charge in [0.15, 0.2) is 0 Å². The molecule has 0 aromatic heterocycles. The third-order valence-electron chi connectivity index (χ3n) is 3.50. The Kier molecular flexibility index (Phi) is 7.48. The second-order valence-electron chi connectivity index (χ2n) is 6.59. The van der Waals surface area contributed by atoms with E-state index in [4.69, 9.17) is 9.84 Å². The van der Waals surface area contributed by atoms with E-state index in [1.165, 1.54) is 52.0 Å². The molecular formula is C15H30N2O3. The minimum absolute atomic E-state index is 0.486. The van der Waals surface area contributed by atoms with Crippen molar-refractivity contribution in [3.8, 4) is 0 Å². The van der Waals surface area contributed by atoms with E-state index < -0.39 is 18.2 Å². The summed E-state index contributed by atoms with van der Waals surface area (Å²) >= 11 is 0. The fourth-order valence-electron chi connectivity index (χ4n) is 2.31. The van der Waals surface area contributed by atoms with Crippen molar-refractivity contribution in [3.63, 3.8) is 0 Å². The van der Waals surface area contributed by atoms with Gasteiger partial charge in [0.2, 0.25) is 0 Å². The Morgan fingerprint density at radius 2 is 1.90 bits per heavy atom. The molecule has 2 N–H and O–H groups in total. The number of aliphatic hydroxyl groups excluding tert-OH is 1. The van der Waals surface area contributed by atoms with Crippen LogP contribution >= 0.6 is 0 Å². The summed E-state index contributed by atoms with van der Waals surface area (Å²) in [6.45, 7) is 11.0. The molecule has 0 unspecified atom stereocenters. The van der Waals surface area contributed by atoms with Crippen molar-refractivity contribution in [2.75, 3.05) is 39.3 Å². The predicted molar refractivity (Wildman–Crippen MR) is 79.6 cm³/mol. The van der Waals surface area contributed by atoms with Crippen molar-refractivity contribution in [2.45, 2.75) is 45.6 Å². The smallest absolute Gasteiger partial charge is 0.332 e. The second kappa shape index (κ2) is 8.60. The Balaban J connectivity index is 0.000000206. The highest BCUT2D eigenvalue weighted by atomic mass is 16.6. The van der Waals surface area contributed by atoms with Gasteiger partial charge < -0.3 is 20.1 Å². The van der Waals surface area contributed by atoms with Gasteiger partial charge in [0, 0.05) is 32.7 Å². The molecule has 2 fully saturated rings. The molecule has 1 heterocycles. The van der Waals surface area contributed by atoms with Crippen molar-refractivity contribution >= 4 is 5.97 Å². The molecule has 0 amide bonds. The van der Waals surface area contributed by atoms with Crippen molar-refractivity contribution < 1.29 is 14.6 Å². The summed E-state index contributed by atoms with van der Waals surface area (Å²) < 4.78 is 4.70. The molecule has 0 bridgehead atoms. The highest BCUT2D eigenvalue weighted by Gasteiger charge is 2.21. The van der Waals surface area contributed by atoms with E-state index in [0.717, 1.165) is 5.92 Å². The molecule has 5 nitrogen and oxygen atoms in total. The summed E-state index contributed by atoms with van der Waals surface area (Å²) in [7, 11) is 0. The molecule has 0 aromatic rings. The summed E-state index contributed by atoms with van der Waals surface area (Å²) in [6.07, 6.45) is 4.46. The fraction of sp³-hybridized carbons (Fsp3) is 0.933. The SMILES string of the molecule is C1CC(CN2CCNCC2)C1.CC(C)(C)OC(=O)CO. The zero-order chi connectivity index (χ0) is 15.0. The fourth-order valence-corrected chi connectivity index (χ4v) is 2.31. The number of nitrogens with zero attached hydrogens (tertiary/aromatic N) is 1. The molecule has 0 spiro atoms. The van der Waals surface area contributed by atoms with Crippen molar-refractivity contribution in [3.05, 3.63) is 0 Å². The van der Waals surface area contributed by atoms with Gasteiger partial charge in [0.1, 0.15) is 12.2 Å². The summed E-state index contributed by atoms with van der Waals surface area (Å²) in [4.78, 5) is 13.0. The van der Waals surface area contributed by atoms with E-state index in [1.54, 1.807) is 20.8 Å². The lowest BCUT2D eigenvalue weighted by Gasteiger charge is -2.34. The second-order valence-corrected chi connectivity index (χ2v) is 6.59. The molecule has 0 aromatic carbocycles. The van der Waals surface area contributed by atoms with Gasteiger partial charge in [-0.25, -0.2) is 4.79 Å². The van der Waals surface area contributed by atoms with Gasteiger partial charge in [0.05, 0.1) is 0 Å². The number of carbonyl (C=O) groups excluding carboxylic acids is 1. The van der Waals surface area contributed by atoms with Gasteiger partial charge in [-0.3, -0.25) is 0 Å². The zero-order valence-electron chi connectivity index (χ0n) is 13.2. The van der Waals surface area contributed by atoms with E-state index in [-0.39, 0.29) is 0 Å². The maximum absolute atomic E-state index is 10.4. The summed E-state index contributed by atoms with van der Waals surface area (Å²) in [6, 6.07) is 0. The first kappa shape index (κ1) is 17.4. The average molecular weight is 286 g/mol. The van der Waals surface area contributed by atoms with E-state index in [1.807, 2.05) is 0 Å². The largest absolute Gasteiger partial charge is 0.458 e. The number of hydrogen-bond donors (Lipinski definition) is 2. The van der Waals surface area contributed by atoms with Crippen LogP contribution in [0.4, 0.5) is 0 Å². The van der Waals surface area contributed by atoms with E-state index >= 15 is 0 Å². The predicted octanol–water partition coefficient (Wildman–Crippen LogP) is 1.01.